The summed E-state index contributed by atoms with van der Waals surface area (Å²) in [6, 6.07) is 1.97. The van der Waals surface area contributed by atoms with Crippen LogP contribution in [-0.2, 0) is 18.3 Å². The van der Waals surface area contributed by atoms with Gasteiger partial charge in [0.1, 0.15) is 12.4 Å². The van der Waals surface area contributed by atoms with Gasteiger partial charge in [-0.15, -0.1) is 34.2 Å². The molecule has 1 atom stereocenters. The summed E-state index contributed by atoms with van der Waals surface area (Å²) >= 11 is 6.33. The van der Waals surface area contributed by atoms with E-state index in [4.69, 9.17) is 21.3 Å². The van der Waals surface area contributed by atoms with Gasteiger partial charge in [0, 0.05) is 58.8 Å². The van der Waals surface area contributed by atoms with Crippen LogP contribution in [0.1, 0.15) is 24.5 Å². The Balaban J connectivity index is 0.00000272. The number of guanidine groups is 1. The van der Waals surface area contributed by atoms with Crippen molar-refractivity contribution in [2.45, 2.75) is 32.4 Å². The Hall–Kier alpha value is -1.66. The van der Waals surface area contributed by atoms with Gasteiger partial charge in [-0.3, -0.25) is 4.98 Å². The Morgan fingerprint density at radius 2 is 2.10 bits per heavy atom. The van der Waals surface area contributed by atoms with Crippen LogP contribution >= 0.6 is 35.6 Å². The standard InChI is InChI=1S/C20H29ClN8O.HI/c1-15-25-26-19(27(15)2)14-24-20(23-12-16-4-3-11-30-16)29-9-7-28(8-10-29)18-5-6-22-13-17(18)21;/h5-6,13,16H,3-4,7-12,14H2,1-2H3,(H,23,24);1H. The van der Waals surface area contributed by atoms with Crippen LogP contribution < -0.4 is 10.2 Å². The van der Waals surface area contributed by atoms with Crippen LogP contribution in [0.25, 0.3) is 0 Å². The highest BCUT2D eigenvalue weighted by Crippen LogP contribution is 2.25. The molecule has 0 saturated carbocycles. The summed E-state index contributed by atoms with van der Waals surface area (Å²) in [6.45, 7) is 7.50. The smallest absolute Gasteiger partial charge is 0.194 e. The lowest BCUT2D eigenvalue weighted by Crippen LogP contribution is -2.53. The van der Waals surface area contributed by atoms with Gasteiger partial charge in [0.15, 0.2) is 11.8 Å². The first-order valence-corrected chi connectivity index (χ1v) is 10.8. The number of nitrogens with one attached hydrogen (secondary N) is 1. The molecule has 0 aromatic carbocycles. The summed E-state index contributed by atoms with van der Waals surface area (Å²) in [5.74, 6) is 2.63. The van der Waals surface area contributed by atoms with E-state index in [9.17, 15) is 0 Å². The highest BCUT2D eigenvalue weighted by atomic mass is 127. The number of hydrogen-bond acceptors (Lipinski definition) is 6. The maximum atomic E-state index is 6.33. The molecule has 2 aromatic heterocycles. The third-order valence-corrected chi connectivity index (χ3v) is 6.03. The maximum Gasteiger partial charge on any atom is 0.194 e. The first-order valence-electron chi connectivity index (χ1n) is 10.5. The minimum atomic E-state index is 0. The van der Waals surface area contributed by atoms with Crippen molar-refractivity contribution in [1.82, 2.24) is 30.0 Å². The average molecular weight is 561 g/mol. The number of rotatable bonds is 5. The van der Waals surface area contributed by atoms with E-state index in [1.807, 2.05) is 24.6 Å². The van der Waals surface area contributed by atoms with Crippen molar-refractivity contribution in [2.75, 3.05) is 44.2 Å². The first-order chi connectivity index (χ1) is 14.6. The molecule has 0 amide bonds. The summed E-state index contributed by atoms with van der Waals surface area (Å²) in [7, 11) is 1.97. The van der Waals surface area contributed by atoms with Gasteiger partial charge in [-0.25, -0.2) is 4.99 Å². The second-order valence-electron chi connectivity index (χ2n) is 7.68. The van der Waals surface area contributed by atoms with Gasteiger partial charge in [0.2, 0.25) is 0 Å². The second kappa shape index (κ2) is 11.3. The SMILES string of the molecule is Cc1nnc(CN=C(NCC2CCCO2)N2CCN(c3ccncc3Cl)CC2)n1C.I. The number of halogens is 2. The Labute approximate surface area is 205 Å². The highest BCUT2D eigenvalue weighted by Gasteiger charge is 2.23. The summed E-state index contributed by atoms with van der Waals surface area (Å²) in [5, 5.41) is 12.6. The van der Waals surface area contributed by atoms with Crippen molar-refractivity contribution in [3.05, 3.63) is 35.1 Å². The number of aliphatic imine (C=N–C) groups is 1. The van der Waals surface area contributed by atoms with E-state index < -0.39 is 0 Å². The van der Waals surface area contributed by atoms with Crippen molar-refractivity contribution in [3.8, 4) is 0 Å². The number of nitrogens with zero attached hydrogens (tertiary/aromatic N) is 7. The first kappa shape index (κ1) is 24.0. The lowest BCUT2D eigenvalue weighted by atomic mass is 10.2. The molecule has 31 heavy (non-hydrogen) atoms. The second-order valence-corrected chi connectivity index (χ2v) is 8.09. The third kappa shape index (κ3) is 5.98. The van der Waals surface area contributed by atoms with Gasteiger partial charge in [-0.1, -0.05) is 11.6 Å². The van der Waals surface area contributed by atoms with E-state index in [0.29, 0.717) is 11.6 Å². The minimum absolute atomic E-state index is 0. The van der Waals surface area contributed by atoms with Crippen molar-refractivity contribution in [3.63, 3.8) is 0 Å². The molecule has 0 radical (unpaired) electrons. The molecule has 1 N–H and O–H groups in total. The lowest BCUT2D eigenvalue weighted by Gasteiger charge is -2.38. The number of hydrogen-bond donors (Lipinski definition) is 1. The van der Waals surface area contributed by atoms with E-state index in [0.717, 1.165) is 75.5 Å². The zero-order chi connectivity index (χ0) is 20.9. The predicted molar refractivity (Wildman–Crippen MR) is 132 cm³/mol. The topological polar surface area (TPSA) is 83.7 Å². The summed E-state index contributed by atoms with van der Waals surface area (Å²) in [5.41, 5.74) is 1.03. The Kier molecular flexibility index (Phi) is 8.73. The molecule has 2 aliphatic heterocycles. The summed E-state index contributed by atoms with van der Waals surface area (Å²) in [6.07, 6.45) is 5.96. The molecule has 0 spiro atoms. The van der Waals surface area contributed by atoms with Crippen molar-refractivity contribution in [1.29, 1.82) is 0 Å². The van der Waals surface area contributed by atoms with Gasteiger partial charge in [0.25, 0.3) is 0 Å². The molecule has 0 aliphatic carbocycles. The van der Waals surface area contributed by atoms with E-state index in [-0.39, 0.29) is 30.1 Å². The fourth-order valence-corrected chi connectivity index (χ4v) is 4.03. The Morgan fingerprint density at radius 3 is 2.74 bits per heavy atom. The highest BCUT2D eigenvalue weighted by molar-refractivity contribution is 14.0. The summed E-state index contributed by atoms with van der Waals surface area (Å²) < 4.78 is 7.75. The molecule has 9 nitrogen and oxygen atoms in total. The molecule has 1 unspecified atom stereocenters. The molecule has 0 bridgehead atoms. The largest absolute Gasteiger partial charge is 0.376 e. The Morgan fingerprint density at radius 1 is 1.29 bits per heavy atom. The molecule has 2 aliphatic rings. The van der Waals surface area contributed by atoms with Crippen LogP contribution in [0.15, 0.2) is 23.5 Å². The number of ether oxygens (including phenoxy) is 1. The van der Waals surface area contributed by atoms with Crippen LogP contribution in [0.4, 0.5) is 5.69 Å². The van der Waals surface area contributed by atoms with Crippen molar-refractivity contribution < 1.29 is 4.74 Å². The molecule has 2 saturated heterocycles. The molecular weight excluding hydrogens is 531 g/mol. The monoisotopic (exact) mass is 560 g/mol. The van der Waals surface area contributed by atoms with Crippen LogP contribution in [-0.4, -0.2) is 76.0 Å². The van der Waals surface area contributed by atoms with E-state index in [1.54, 1.807) is 12.4 Å². The fraction of sp³-hybridized carbons (Fsp3) is 0.600. The van der Waals surface area contributed by atoms with Crippen LogP contribution in [0, 0.1) is 6.92 Å². The van der Waals surface area contributed by atoms with Gasteiger partial charge >= 0.3 is 0 Å². The fourth-order valence-electron chi connectivity index (χ4n) is 3.80. The molecule has 11 heteroatoms. The van der Waals surface area contributed by atoms with Crippen LogP contribution in [0.5, 0.6) is 0 Å². The molecule has 4 rings (SSSR count). The van der Waals surface area contributed by atoms with E-state index in [2.05, 4.69) is 30.3 Å². The minimum Gasteiger partial charge on any atom is -0.376 e. The Bertz CT molecular complexity index is 878. The van der Waals surface area contributed by atoms with Gasteiger partial charge in [0.05, 0.1) is 16.8 Å². The third-order valence-electron chi connectivity index (χ3n) is 5.74. The lowest BCUT2D eigenvalue weighted by molar-refractivity contribution is 0.113. The van der Waals surface area contributed by atoms with Crippen LogP contribution in [0.2, 0.25) is 5.02 Å². The summed E-state index contributed by atoms with van der Waals surface area (Å²) in [4.78, 5) is 13.5. The normalized spacial score (nSPS) is 19.5. The number of piperazine rings is 1. The van der Waals surface area contributed by atoms with Gasteiger partial charge in [-0.2, -0.15) is 0 Å². The van der Waals surface area contributed by atoms with E-state index >= 15 is 0 Å². The quantitative estimate of drug-likeness (QED) is 0.341. The molecule has 2 aromatic rings. The number of aromatic nitrogens is 4. The van der Waals surface area contributed by atoms with Crippen molar-refractivity contribution >= 4 is 47.2 Å². The van der Waals surface area contributed by atoms with Crippen molar-refractivity contribution in [2.24, 2.45) is 12.0 Å². The van der Waals surface area contributed by atoms with Crippen LogP contribution in [0.3, 0.4) is 0 Å². The predicted octanol–water partition coefficient (Wildman–Crippen LogP) is 2.24. The number of aryl methyl sites for hydroxylation is 1. The van der Waals surface area contributed by atoms with Gasteiger partial charge < -0.3 is 24.4 Å². The van der Waals surface area contributed by atoms with E-state index in [1.165, 1.54) is 0 Å². The maximum absolute atomic E-state index is 6.33. The molecular formula is C20H30ClIN8O. The average Bonchev–Trinajstić information content (AvgIpc) is 3.40. The number of pyridine rings is 1. The molecule has 170 valence electrons. The zero-order valence-corrected chi connectivity index (χ0v) is 21.1. The number of anilines is 1. The molecule has 2 fully saturated rings. The van der Waals surface area contributed by atoms with Gasteiger partial charge in [-0.05, 0) is 25.8 Å². The molecule has 4 heterocycles. The zero-order valence-electron chi connectivity index (χ0n) is 18.0.